The van der Waals surface area contributed by atoms with Crippen LogP contribution < -0.4 is 5.32 Å². The molecule has 116 valence electrons. The lowest BCUT2D eigenvalue weighted by Gasteiger charge is -2.37. The average Bonchev–Trinajstić information content (AvgIpc) is 2.47. The van der Waals surface area contributed by atoms with Crippen LogP contribution in [0.25, 0.3) is 0 Å². The molecule has 0 aliphatic carbocycles. The zero-order valence-electron chi connectivity index (χ0n) is 13.3. The summed E-state index contributed by atoms with van der Waals surface area (Å²) >= 11 is 6.07. The summed E-state index contributed by atoms with van der Waals surface area (Å²) in [6, 6.07) is 14.9. The van der Waals surface area contributed by atoms with Crippen LogP contribution >= 0.6 is 11.6 Å². The van der Waals surface area contributed by atoms with Gasteiger partial charge in [0.1, 0.15) is 0 Å². The maximum absolute atomic E-state index is 6.07. The number of hydrogen-bond donors (Lipinski definition) is 1. The molecule has 0 amide bonds. The minimum Gasteiger partial charge on any atom is -0.381 e. The van der Waals surface area contributed by atoms with E-state index in [0.717, 1.165) is 29.6 Å². The Morgan fingerprint density at radius 1 is 1.14 bits per heavy atom. The van der Waals surface area contributed by atoms with Gasteiger partial charge in [0.2, 0.25) is 0 Å². The Bertz CT molecular complexity index is 648. The zero-order valence-corrected chi connectivity index (χ0v) is 14.0. The molecule has 0 unspecified atom stereocenters. The molecule has 0 atom stereocenters. The van der Waals surface area contributed by atoms with Gasteiger partial charge < -0.3 is 5.32 Å². The molecule has 2 nitrogen and oxygen atoms in total. The first-order valence-corrected chi connectivity index (χ1v) is 8.28. The van der Waals surface area contributed by atoms with E-state index < -0.39 is 0 Å². The fraction of sp³-hybridized carbons (Fsp3) is 0.368. The molecule has 0 aromatic heterocycles. The molecule has 1 aliphatic rings. The van der Waals surface area contributed by atoms with Crippen molar-refractivity contribution in [2.24, 2.45) is 5.92 Å². The van der Waals surface area contributed by atoms with Gasteiger partial charge in [-0.25, -0.2) is 0 Å². The number of aryl methyl sites for hydroxylation is 1. The molecule has 3 rings (SSSR count). The lowest BCUT2D eigenvalue weighted by atomic mass is 10.0. The van der Waals surface area contributed by atoms with Crippen molar-refractivity contribution in [3.63, 3.8) is 0 Å². The van der Waals surface area contributed by atoms with E-state index in [0.29, 0.717) is 0 Å². The summed E-state index contributed by atoms with van der Waals surface area (Å²) in [6.45, 7) is 8.68. The summed E-state index contributed by atoms with van der Waals surface area (Å²) in [7, 11) is 0. The molecule has 1 heterocycles. The number of hydrogen-bond acceptors (Lipinski definition) is 2. The fourth-order valence-corrected chi connectivity index (χ4v) is 3.13. The molecule has 22 heavy (non-hydrogen) atoms. The van der Waals surface area contributed by atoms with Crippen LogP contribution in [-0.2, 0) is 13.1 Å². The number of rotatable bonds is 5. The maximum Gasteiger partial charge on any atom is 0.0435 e. The van der Waals surface area contributed by atoms with Crippen molar-refractivity contribution >= 4 is 17.3 Å². The highest BCUT2D eigenvalue weighted by Gasteiger charge is 2.21. The van der Waals surface area contributed by atoms with E-state index in [2.05, 4.69) is 53.5 Å². The van der Waals surface area contributed by atoms with Gasteiger partial charge in [0, 0.05) is 36.9 Å². The maximum atomic E-state index is 6.07. The van der Waals surface area contributed by atoms with E-state index in [4.69, 9.17) is 11.6 Å². The molecule has 3 heteroatoms. The first kappa shape index (κ1) is 15.4. The third-order valence-electron chi connectivity index (χ3n) is 4.19. The van der Waals surface area contributed by atoms with Gasteiger partial charge in [-0.3, -0.25) is 4.90 Å². The van der Waals surface area contributed by atoms with Gasteiger partial charge in [0.15, 0.2) is 0 Å². The number of halogens is 1. The van der Waals surface area contributed by atoms with E-state index in [1.54, 1.807) is 0 Å². The molecular weight excluding hydrogens is 292 g/mol. The minimum atomic E-state index is 0.822. The third-order valence-corrected chi connectivity index (χ3v) is 4.62. The second-order valence-electron chi connectivity index (χ2n) is 6.44. The molecule has 1 N–H and O–H groups in total. The lowest BCUT2D eigenvalue weighted by molar-refractivity contribution is 0.105. The van der Waals surface area contributed by atoms with Gasteiger partial charge in [-0.1, -0.05) is 42.8 Å². The topological polar surface area (TPSA) is 15.3 Å². The molecule has 0 radical (unpaired) electrons. The molecule has 2 aromatic carbocycles. The van der Waals surface area contributed by atoms with E-state index in [9.17, 15) is 0 Å². The monoisotopic (exact) mass is 314 g/mol. The Labute approximate surface area is 138 Å². The Balaban J connectivity index is 1.59. The predicted octanol–water partition coefficient (Wildman–Crippen LogP) is 4.71. The Morgan fingerprint density at radius 3 is 2.68 bits per heavy atom. The molecule has 0 spiro atoms. The molecule has 1 aliphatic heterocycles. The Hall–Kier alpha value is -1.51. The smallest absolute Gasteiger partial charge is 0.0435 e. The molecular formula is C19H23ClN2. The van der Waals surface area contributed by atoms with Crippen molar-refractivity contribution in [2.45, 2.75) is 26.9 Å². The summed E-state index contributed by atoms with van der Waals surface area (Å²) in [5.41, 5.74) is 4.94. The van der Waals surface area contributed by atoms with Crippen LogP contribution in [-0.4, -0.2) is 18.0 Å². The average molecular weight is 315 g/mol. The SMILES string of the molecule is Cc1cc(CNc2cccc(CN3CC(C)C3)c2)ccc1Cl. The van der Waals surface area contributed by atoms with Gasteiger partial charge in [-0.2, -0.15) is 0 Å². The molecule has 0 bridgehead atoms. The van der Waals surface area contributed by atoms with Crippen LogP contribution in [0.1, 0.15) is 23.6 Å². The molecule has 0 saturated carbocycles. The van der Waals surface area contributed by atoms with Gasteiger partial charge in [0.05, 0.1) is 0 Å². The fourth-order valence-electron chi connectivity index (χ4n) is 3.02. The van der Waals surface area contributed by atoms with E-state index >= 15 is 0 Å². The van der Waals surface area contributed by atoms with Crippen LogP contribution in [0.3, 0.4) is 0 Å². The zero-order chi connectivity index (χ0) is 15.5. The summed E-state index contributed by atoms with van der Waals surface area (Å²) in [6.07, 6.45) is 0. The molecule has 1 saturated heterocycles. The van der Waals surface area contributed by atoms with Crippen molar-refractivity contribution < 1.29 is 0 Å². The minimum absolute atomic E-state index is 0.822. The quantitative estimate of drug-likeness (QED) is 0.859. The Kier molecular flexibility index (Phi) is 4.70. The first-order valence-electron chi connectivity index (χ1n) is 7.90. The standard InChI is InChI=1S/C19H23ClN2/c1-14-11-22(12-14)13-17-4-3-5-18(9-17)21-10-16-6-7-19(20)15(2)8-16/h3-9,14,21H,10-13H2,1-2H3. The predicted molar refractivity (Wildman–Crippen MR) is 94.4 cm³/mol. The van der Waals surface area contributed by atoms with Gasteiger partial charge >= 0.3 is 0 Å². The van der Waals surface area contributed by atoms with Crippen molar-refractivity contribution in [1.82, 2.24) is 4.90 Å². The van der Waals surface area contributed by atoms with E-state index in [1.807, 2.05) is 13.0 Å². The summed E-state index contributed by atoms with van der Waals surface area (Å²) in [5.74, 6) is 0.856. The third kappa shape index (κ3) is 3.82. The highest BCUT2D eigenvalue weighted by atomic mass is 35.5. The summed E-state index contributed by atoms with van der Waals surface area (Å²) in [5, 5.41) is 4.33. The van der Waals surface area contributed by atoms with Crippen molar-refractivity contribution in [3.05, 3.63) is 64.2 Å². The molecule has 1 fully saturated rings. The number of anilines is 1. The second-order valence-corrected chi connectivity index (χ2v) is 6.84. The van der Waals surface area contributed by atoms with Crippen LogP contribution in [0.2, 0.25) is 5.02 Å². The number of nitrogens with zero attached hydrogens (tertiary/aromatic N) is 1. The number of nitrogens with one attached hydrogen (secondary N) is 1. The van der Waals surface area contributed by atoms with Crippen LogP contribution in [0.15, 0.2) is 42.5 Å². The van der Waals surface area contributed by atoms with Crippen molar-refractivity contribution in [1.29, 1.82) is 0 Å². The van der Waals surface area contributed by atoms with Crippen molar-refractivity contribution in [3.8, 4) is 0 Å². The Morgan fingerprint density at radius 2 is 1.95 bits per heavy atom. The van der Waals surface area contributed by atoms with E-state index in [1.165, 1.54) is 29.9 Å². The van der Waals surface area contributed by atoms with Crippen LogP contribution in [0.5, 0.6) is 0 Å². The number of benzene rings is 2. The number of likely N-dealkylation sites (tertiary alicyclic amines) is 1. The second kappa shape index (κ2) is 6.72. The lowest BCUT2D eigenvalue weighted by Crippen LogP contribution is -2.44. The van der Waals surface area contributed by atoms with Crippen LogP contribution in [0.4, 0.5) is 5.69 Å². The largest absolute Gasteiger partial charge is 0.381 e. The van der Waals surface area contributed by atoms with Crippen LogP contribution in [0, 0.1) is 12.8 Å². The van der Waals surface area contributed by atoms with Gasteiger partial charge in [-0.15, -0.1) is 0 Å². The normalized spacial score (nSPS) is 15.6. The first-order chi connectivity index (χ1) is 10.6. The summed E-state index contributed by atoms with van der Waals surface area (Å²) < 4.78 is 0. The van der Waals surface area contributed by atoms with Gasteiger partial charge in [0.25, 0.3) is 0 Å². The highest BCUT2D eigenvalue weighted by molar-refractivity contribution is 6.31. The van der Waals surface area contributed by atoms with Crippen molar-refractivity contribution in [2.75, 3.05) is 18.4 Å². The summed E-state index contributed by atoms with van der Waals surface area (Å²) in [4.78, 5) is 2.49. The molecule has 2 aromatic rings. The van der Waals surface area contributed by atoms with E-state index in [-0.39, 0.29) is 0 Å². The van der Waals surface area contributed by atoms with Gasteiger partial charge in [-0.05, 0) is 47.7 Å². The highest BCUT2D eigenvalue weighted by Crippen LogP contribution is 2.20.